The third-order valence-electron chi connectivity index (χ3n) is 6.92. The third kappa shape index (κ3) is 4.43. The molecule has 1 aromatic heterocycles. The van der Waals surface area contributed by atoms with E-state index in [4.69, 9.17) is 23.2 Å². The zero-order chi connectivity index (χ0) is 24.0. The van der Waals surface area contributed by atoms with Crippen molar-refractivity contribution in [1.82, 2.24) is 15.1 Å². The Morgan fingerprint density at radius 1 is 1.06 bits per heavy atom. The van der Waals surface area contributed by atoms with Gasteiger partial charge in [-0.3, -0.25) is 9.89 Å². The Hall–Kier alpha value is -2.51. The number of likely N-dealkylation sites (tertiary alicyclic amines) is 1. The molecule has 1 saturated heterocycles. The van der Waals surface area contributed by atoms with Crippen molar-refractivity contribution < 1.29 is 18.0 Å². The molecule has 3 aromatic rings. The van der Waals surface area contributed by atoms with Crippen molar-refractivity contribution in [2.75, 3.05) is 6.54 Å². The molecule has 2 aliphatic rings. The molecule has 1 aliphatic carbocycles. The first-order chi connectivity index (χ1) is 16.2. The van der Waals surface area contributed by atoms with E-state index in [2.05, 4.69) is 10.2 Å². The second kappa shape index (κ2) is 8.93. The fourth-order valence-corrected chi connectivity index (χ4v) is 5.68. The van der Waals surface area contributed by atoms with Crippen LogP contribution in [0, 0.1) is 5.92 Å². The lowest BCUT2D eigenvalue weighted by Gasteiger charge is -2.31. The molecule has 0 saturated carbocycles. The number of fused-ring (bicyclic) bond motifs is 1. The van der Waals surface area contributed by atoms with Gasteiger partial charge in [-0.2, -0.15) is 18.3 Å². The van der Waals surface area contributed by atoms with Crippen LogP contribution < -0.4 is 0 Å². The highest BCUT2D eigenvalue weighted by atomic mass is 35.5. The Bertz CT molecular complexity index is 1200. The van der Waals surface area contributed by atoms with Crippen molar-refractivity contribution in [3.05, 3.63) is 75.0 Å². The van der Waals surface area contributed by atoms with Crippen LogP contribution in [-0.2, 0) is 30.2 Å². The van der Waals surface area contributed by atoms with Crippen LogP contribution in [0.1, 0.15) is 35.2 Å². The predicted molar refractivity (Wildman–Crippen MR) is 125 cm³/mol. The minimum atomic E-state index is -4.39. The first kappa shape index (κ1) is 23.2. The number of hydrogen-bond donors (Lipinski definition) is 1. The second-order valence-corrected chi connectivity index (χ2v) is 9.80. The average molecular weight is 508 g/mol. The molecule has 2 aromatic carbocycles. The van der Waals surface area contributed by atoms with Gasteiger partial charge in [0.25, 0.3) is 0 Å². The first-order valence-electron chi connectivity index (χ1n) is 11.2. The maximum Gasteiger partial charge on any atom is 0.416 e. The quantitative estimate of drug-likeness (QED) is 0.447. The Morgan fingerprint density at radius 2 is 1.76 bits per heavy atom. The first-order valence-corrected chi connectivity index (χ1v) is 11.9. The standard InChI is InChI=1S/C25H22Cl2F3N3O/c26-21-11-16(14-1-3-18(4-2-14)25(28,29)30)12-22(27)20(21)10-15-7-8-33(24(15)34)19-5-6-23-17(9-19)13-31-32-23/h1-4,11-13,15,19H,5-10H2,(H,31,32)/t15-,19?/m0/s1. The molecule has 1 N–H and O–H groups in total. The number of alkyl halides is 3. The molecule has 5 rings (SSSR count). The highest BCUT2D eigenvalue weighted by Crippen LogP contribution is 2.37. The number of aromatic nitrogens is 2. The van der Waals surface area contributed by atoms with Gasteiger partial charge in [0.1, 0.15) is 0 Å². The zero-order valence-corrected chi connectivity index (χ0v) is 19.6. The van der Waals surface area contributed by atoms with Gasteiger partial charge in [-0.25, -0.2) is 0 Å². The fraction of sp³-hybridized carbons (Fsp3) is 0.360. The number of nitrogens with one attached hydrogen (secondary N) is 1. The van der Waals surface area contributed by atoms with Gasteiger partial charge in [-0.1, -0.05) is 35.3 Å². The van der Waals surface area contributed by atoms with Gasteiger partial charge >= 0.3 is 6.18 Å². The highest BCUT2D eigenvalue weighted by molar-refractivity contribution is 6.36. The summed E-state index contributed by atoms with van der Waals surface area (Å²) in [7, 11) is 0. The molecule has 0 spiro atoms. The Morgan fingerprint density at radius 3 is 2.44 bits per heavy atom. The van der Waals surface area contributed by atoms with Crippen molar-refractivity contribution in [3.8, 4) is 11.1 Å². The fourth-order valence-electron chi connectivity index (χ4n) is 5.04. The van der Waals surface area contributed by atoms with Crippen LogP contribution in [0.4, 0.5) is 13.2 Å². The third-order valence-corrected chi connectivity index (χ3v) is 7.59. The van der Waals surface area contributed by atoms with Gasteiger partial charge < -0.3 is 4.90 Å². The molecular formula is C25H22Cl2F3N3O. The van der Waals surface area contributed by atoms with Crippen LogP contribution in [0.15, 0.2) is 42.6 Å². The zero-order valence-electron chi connectivity index (χ0n) is 18.1. The van der Waals surface area contributed by atoms with Gasteiger partial charge in [-0.15, -0.1) is 0 Å². The molecular weight excluding hydrogens is 486 g/mol. The number of carbonyl (C=O) groups is 1. The maximum absolute atomic E-state index is 13.2. The molecule has 0 bridgehead atoms. The molecule has 2 heterocycles. The van der Waals surface area contributed by atoms with E-state index in [1.807, 2.05) is 11.1 Å². The number of H-pyrrole nitrogens is 1. The number of carbonyl (C=O) groups excluding carboxylic acids is 1. The van der Waals surface area contributed by atoms with E-state index in [-0.39, 0.29) is 17.9 Å². The van der Waals surface area contributed by atoms with Crippen molar-refractivity contribution in [1.29, 1.82) is 0 Å². The Labute approximate surface area is 205 Å². The molecule has 34 heavy (non-hydrogen) atoms. The van der Waals surface area contributed by atoms with E-state index in [0.717, 1.165) is 43.5 Å². The van der Waals surface area contributed by atoms with Crippen molar-refractivity contribution >= 4 is 29.1 Å². The number of aromatic amines is 1. The summed E-state index contributed by atoms with van der Waals surface area (Å²) >= 11 is 13.1. The smallest absolute Gasteiger partial charge is 0.339 e. The number of nitrogens with zero attached hydrogens (tertiary/aromatic N) is 2. The summed E-state index contributed by atoms with van der Waals surface area (Å²) in [5, 5.41) is 7.96. The summed E-state index contributed by atoms with van der Waals surface area (Å²) in [4.78, 5) is 15.2. The number of rotatable bonds is 4. The SMILES string of the molecule is O=C1[C@H](Cc2c(Cl)cc(-c3ccc(C(F)(F)F)cc3)cc2Cl)CCN1C1CCc2[nH]ncc2C1. The number of halogens is 5. The average Bonchev–Trinajstić information content (AvgIpc) is 3.41. The summed E-state index contributed by atoms with van der Waals surface area (Å²) in [5.41, 5.74) is 3.53. The number of amides is 1. The minimum Gasteiger partial charge on any atom is -0.339 e. The molecule has 178 valence electrons. The van der Waals surface area contributed by atoms with E-state index in [9.17, 15) is 18.0 Å². The molecule has 1 aliphatic heterocycles. The van der Waals surface area contributed by atoms with E-state index in [1.165, 1.54) is 17.7 Å². The predicted octanol–water partition coefficient (Wildman–Crippen LogP) is 6.35. The van der Waals surface area contributed by atoms with Crippen LogP contribution >= 0.6 is 23.2 Å². The molecule has 1 unspecified atom stereocenters. The van der Waals surface area contributed by atoms with E-state index in [0.29, 0.717) is 39.7 Å². The van der Waals surface area contributed by atoms with E-state index < -0.39 is 11.7 Å². The maximum atomic E-state index is 13.2. The van der Waals surface area contributed by atoms with Crippen LogP contribution in [0.25, 0.3) is 11.1 Å². The van der Waals surface area contributed by atoms with E-state index >= 15 is 0 Å². The molecule has 4 nitrogen and oxygen atoms in total. The lowest BCUT2D eigenvalue weighted by Crippen LogP contribution is -2.41. The van der Waals surface area contributed by atoms with Crippen molar-refractivity contribution in [2.45, 2.75) is 44.3 Å². The number of benzene rings is 2. The summed E-state index contributed by atoms with van der Waals surface area (Å²) in [6, 6.07) is 8.45. The minimum absolute atomic E-state index is 0.121. The van der Waals surface area contributed by atoms with Crippen molar-refractivity contribution in [3.63, 3.8) is 0 Å². The summed E-state index contributed by atoms with van der Waals surface area (Å²) in [6.45, 7) is 0.709. The topological polar surface area (TPSA) is 49.0 Å². The normalized spacial score (nSPS) is 20.6. The van der Waals surface area contributed by atoms with Crippen LogP contribution in [0.3, 0.4) is 0 Å². The van der Waals surface area contributed by atoms with Gasteiger partial charge in [0, 0.05) is 34.2 Å². The molecule has 0 radical (unpaired) electrons. The molecule has 2 atom stereocenters. The Balaban J connectivity index is 1.30. The lowest BCUT2D eigenvalue weighted by molar-refractivity contribution is -0.137. The molecule has 1 amide bonds. The van der Waals surface area contributed by atoms with Gasteiger partial charge in [0.05, 0.1) is 11.8 Å². The number of hydrogen-bond acceptors (Lipinski definition) is 2. The number of aryl methyl sites for hydroxylation is 1. The van der Waals surface area contributed by atoms with Crippen LogP contribution in [-0.4, -0.2) is 33.6 Å². The van der Waals surface area contributed by atoms with Crippen LogP contribution in [0.5, 0.6) is 0 Å². The second-order valence-electron chi connectivity index (χ2n) is 8.99. The summed E-state index contributed by atoms with van der Waals surface area (Å²) in [5.74, 6) is -0.0754. The monoisotopic (exact) mass is 507 g/mol. The van der Waals surface area contributed by atoms with Gasteiger partial charge in [0.2, 0.25) is 5.91 Å². The van der Waals surface area contributed by atoms with Crippen LogP contribution in [0.2, 0.25) is 10.0 Å². The summed E-state index contributed by atoms with van der Waals surface area (Å²) in [6.07, 6.45) is 1.24. The van der Waals surface area contributed by atoms with Gasteiger partial charge in [0.15, 0.2) is 0 Å². The lowest BCUT2D eigenvalue weighted by atomic mass is 9.92. The Kier molecular flexibility index (Phi) is 6.10. The van der Waals surface area contributed by atoms with Crippen molar-refractivity contribution in [2.24, 2.45) is 5.92 Å². The molecule has 9 heteroatoms. The van der Waals surface area contributed by atoms with Gasteiger partial charge in [-0.05, 0) is 78.6 Å². The largest absolute Gasteiger partial charge is 0.416 e. The highest BCUT2D eigenvalue weighted by Gasteiger charge is 2.38. The van der Waals surface area contributed by atoms with E-state index in [1.54, 1.807) is 12.1 Å². The summed E-state index contributed by atoms with van der Waals surface area (Å²) < 4.78 is 38.5. The molecule has 1 fully saturated rings.